The maximum Gasteiger partial charge on any atom is 0.320 e. The number of rotatable bonds is 3. The van der Waals surface area contributed by atoms with Crippen molar-refractivity contribution in [1.29, 1.82) is 0 Å². The van der Waals surface area contributed by atoms with E-state index in [2.05, 4.69) is 12.2 Å². The fraction of sp³-hybridized carbons (Fsp3) is 0.846. The summed E-state index contributed by atoms with van der Waals surface area (Å²) in [5.74, 6) is 0.592. The van der Waals surface area contributed by atoms with Gasteiger partial charge in [0.05, 0.1) is 0 Å². The number of likely N-dealkylation sites (tertiary alicyclic amines) is 1. The molecule has 1 N–H and O–H groups in total. The van der Waals surface area contributed by atoms with Gasteiger partial charge in [0.1, 0.15) is 6.54 Å². The lowest BCUT2D eigenvalue weighted by atomic mass is 10.00. The van der Waals surface area contributed by atoms with E-state index in [1.165, 1.54) is 4.90 Å². The third kappa shape index (κ3) is 4.55. The van der Waals surface area contributed by atoms with Crippen LogP contribution in [0.15, 0.2) is 0 Å². The number of carbonyl (C=O) groups excluding carboxylic acids is 2. The summed E-state index contributed by atoms with van der Waals surface area (Å²) in [4.78, 5) is 27.0. The first kappa shape index (κ1) is 14.8. The van der Waals surface area contributed by atoms with Gasteiger partial charge in [-0.1, -0.05) is 6.92 Å². The normalized spacial score (nSPS) is 16.8. The minimum absolute atomic E-state index is 0.0409. The molecule has 3 amide bonds. The van der Waals surface area contributed by atoms with E-state index in [0.29, 0.717) is 5.92 Å². The van der Waals surface area contributed by atoms with Crippen LogP contribution in [0.5, 0.6) is 0 Å². The predicted molar refractivity (Wildman–Crippen MR) is 71.3 cm³/mol. The molecule has 18 heavy (non-hydrogen) atoms. The fourth-order valence-corrected chi connectivity index (χ4v) is 2.09. The maximum atomic E-state index is 12.1. The third-order valence-electron chi connectivity index (χ3n) is 3.21. The summed E-state index contributed by atoms with van der Waals surface area (Å²) in [5, 5.41) is 2.79. The topological polar surface area (TPSA) is 52.7 Å². The van der Waals surface area contributed by atoms with Gasteiger partial charge in [-0.25, -0.2) is 4.79 Å². The van der Waals surface area contributed by atoms with Crippen molar-refractivity contribution in [3.05, 3.63) is 0 Å². The molecule has 1 rings (SSSR count). The van der Waals surface area contributed by atoms with E-state index < -0.39 is 0 Å². The highest BCUT2D eigenvalue weighted by Gasteiger charge is 2.23. The second kappa shape index (κ2) is 6.61. The van der Waals surface area contributed by atoms with Crippen molar-refractivity contribution in [3.8, 4) is 0 Å². The zero-order valence-corrected chi connectivity index (χ0v) is 11.9. The molecule has 0 bridgehead atoms. The Balaban J connectivity index is 2.39. The molecule has 1 aliphatic heterocycles. The molecule has 0 saturated carbocycles. The molecule has 0 aromatic rings. The molecule has 1 heterocycles. The summed E-state index contributed by atoms with van der Waals surface area (Å²) < 4.78 is 0. The summed E-state index contributed by atoms with van der Waals surface area (Å²) in [5.41, 5.74) is 0. The summed E-state index contributed by atoms with van der Waals surface area (Å²) in [6.07, 6.45) is 2.11. The lowest BCUT2D eigenvalue weighted by molar-refractivity contribution is -0.122. The van der Waals surface area contributed by atoms with E-state index in [0.717, 1.165) is 25.9 Å². The summed E-state index contributed by atoms with van der Waals surface area (Å²) in [6, 6.07) is 0.0673. The molecule has 5 heteroatoms. The van der Waals surface area contributed by atoms with Crippen LogP contribution < -0.4 is 5.32 Å². The van der Waals surface area contributed by atoms with Gasteiger partial charge < -0.3 is 15.1 Å². The van der Waals surface area contributed by atoms with Crippen molar-refractivity contribution in [2.75, 3.05) is 26.7 Å². The number of piperidine rings is 1. The quantitative estimate of drug-likeness (QED) is 0.826. The average Bonchev–Trinajstić information content (AvgIpc) is 2.27. The molecule has 1 aliphatic rings. The Bertz CT molecular complexity index is 297. The number of nitrogens with zero attached hydrogens (tertiary/aromatic N) is 2. The van der Waals surface area contributed by atoms with Crippen LogP contribution in [0.1, 0.15) is 33.6 Å². The molecular weight excluding hydrogens is 230 g/mol. The standard InChI is InChI=1S/C13H25N3O2/c1-10(2)14-12(17)9-15(4)13(18)16-7-5-11(3)6-8-16/h10-11H,5-9H2,1-4H3,(H,14,17). The minimum Gasteiger partial charge on any atom is -0.352 e. The van der Waals surface area contributed by atoms with Crippen molar-refractivity contribution < 1.29 is 9.59 Å². The molecule has 1 fully saturated rings. The molecule has 0 aromatic heterocycles. The second-order valence-corrected chi connectivity index (χ2v) is 5.53. The van der Waals surface area contributed by atoms with Gasteiger partial charge in [0.2, 0.25) is 5.91 Å². The van der Waals surface area contributed by atoms with E-state index in [-0.39, 0.29) is 24.5 Å². The molecule has 1 saturated heterocycles. The monoisotopic (exact) mass is 255 g/mol. The average molecular weight is 255 g/mol. The number of likely N-dealkylation sites (N-methyl/N-ethyl adjacent to an activating group) is 1. The summed E-state index contributed by atoms with van der Waals surface area (Å²) in [6.45, 7) is 7.76. The number of carbonyl (C=O) groups is 2. The lowest BCUT2D eigenvalue weighted by Crippen LogP contribution is -2.48. The molecule has 0 unspecified atom stereocenters. The van der Waals surface area contributed by atoms with E-state index in [1.54, 1.807) is 7.05 Å². The van der Waals surface area contributed by atoms with Crippen molar-refractivity contribution >= 4 is 11.9 Å². The number of urea groups is 1. The van der Waals surface area contributed by atoms with Gasteiger partial charge in [0, 0.05) is 26.2 Å². The van der Waals surface area contributed by atoms with Gasteiger partial charge in [-0.15, -0.1) is 0 Å². The molecule has 0 radical (unpaired) electrons. The Morgan fingerprint density at radius 2 is 1.89 bits per heavy atom. The number of hydrogen-bond donors (Lipinski definition) is 1. The van der Waals surface area contributed by atoms with E-state index in [1.807, 2.05) is 18.7 Å². The van der Waals surface area contributed by atoms with Gasteiger partial charge in [-0.05, 0) is 32.6 Å². The van der Waals surface area contributed by atoms with Crippen LogP contribution >= 0.6 is 0 Å². The first-order chi connectivity index (χ1) is 8.40. The van der Waals surface area contributed by atoms with Gasteiger partial charge >= 0.3 is 6.03 Å². The van der Waals surface area contributed by atoms with Gasteiger partial charge in [0.25, 0.3) is 0 Å². The van der Waals surface area contributed by atoms with Crippen molar-refractivity contribution in [2.45, 2.75) is 39.7 Å². The molecule has 0 aliphatic carbocycles. The minimum atomic E-state index is -0.105. The second-order valence-electron chi connectivity index (χ2n) is 5.53. The zero-order valence-electron chi connectivity index (χ0n) is 11.9. The Morgan fingerprint density at radius 1 is 1.33 bits per heavy atom. The zero-order chi connectivity index (χ0) is 13.7. The SMILES string of the molecule is CC1CCN(C(=O)N(C)CC(=O)NC(C)C)CC1. The van der Waals surface area contributed by atoms with Crippen LogP contribution in [0.2, 0.25) is 0 Å². The fourth-order valence-electron chi connectivity index (χ4n) is 2.09. The maximum absolute atomic E-state index is 12.1. The number of nitrogens with one attached hydrogen (secondary N) is 1. The lowest BCUT2D eigenvalue weighted by Gasteiger charge is -2.33. The first-order valence-corrected chi connectivity index (χ1v) is 6.69. The Kier molecular flexibility index (Phi) is 5.44. The van der Waals surface area contributed by atoms with Crippen molar-refractivity contribution in [3.63, 3.8) is 0 Å². The smallest absolute Gasteiger partial charge is 0.320 e. The third-order valence-corrected chi connectivity index (χ3v) is 3.21. The highest BCUT2D eigenvalue weighted by atomic mass is 16.2. The van der Waals surface area contributed by atoms with Crippen LogP contribution in [0.4, 0.5) is 4.79 Å². The van der Waals surface area contributed by atoms with Gasteiger partial charge in [0.15, 0.2) is 0 Å². The molecule has 5 nitrogen and oxygen atoms in total. The van der Waals surface area contributed by atoms with E-state index in [4.69, 9.17) is 0 Å². The number of amides is 3. The molecule has 0 atom stereocenters. The van der Waals surface area contributed by atoms with E-state index >= 15 is 0 Å². The summed E-state index contributed by atoms with van der Waals surface area (Å²) in [7, 11) is 1.68. The van der Waals surface area contributed by atoms with Crippen LogP contribution in [-0.2, 0) is 4.79 Å². The van der Waals surface area contributed by atoms with Crippen molar-refractivity contribution in [2.24, 2.45) is 5.92 Å². The highest BCUT2D eigenvalue weighted by Crippen LogP contribution is 2.16. The van der Waals surface area contributed by atoms with Gasteiger partial charge in [-0.3, -0.25) is 4.79 Å². The first-order valence-electron chi connectivity index (χ1n) is 6.69. The Hall–Kier alpha value is -1.26. The summed E-state index contributed by atoms with van der Waals surface area (Å²) >= 11 is 0. The number of hydrogen-bond acceptors (Lipinski definition) is 2. The predicted octanol–water partition coefficient (Wildman–Crippen LogP) is 1.29. The Morgan fingerprint density at radius 3 is 2.39 bits per heavy atom. The van der Waals surface area contributed by atoms with Crippen molar-refractivity contribution in [1.82, 2.24) is 15.1 Å². The highest BCUT2D eigenvalue weighted by molar-refractivity contribution is 5.84. The van der Waals surface area contributed by atoms with Crippen LogP contribution in [0.25, 0.3) is 0 Å². The molecule has 0 spiro atoms. The molecular formula is C13H25N3O2. The largest absolute Gasteiger partial charge is 0.352 e. The molecule has 0 aromatic carbocycles. The Labute approximate surface area is 110 Å². The van der Waals surface area contributed by atoms with Gasteiger partial charge in [-0.2, -0.15) is 0 Å². The van der Waals surface area contributed by atoms with Crippen LogP contribution in [0, 0.1) is 5.92 Å². The van der Waals surface area contributed by atoms with E-state index in [9.17, 15) is 9.59 Å². The van der Waals surface area contributed by atoms with Crippen LogP contribution in [-0.4, -0.2) is 54.5 Å². The molecule has 104 valence electrons. The van der Waals surface area contributed by atoms with Crippen LogP contribution in [0.3, 0.4) is 0 Å².